The van der Waals surface area contributed by atoms with E-state index >= 15 is 0 Å². The highest BCUT2D eigenvalue weighted by molar-refractivity contribution is 6.42. The van der Waals surface area contributed by atoms with Gasteiger partial charge in [-0.2, -0.15) is 0 Å². The lowest BCUT2D eigenvalue weighted by Crippen LogP contribution is -2.55. The quantitative estimate of drug-likeness (QED) is 0.455. The molecule has 1 aliphatic carbocycles. The van der Waals surface area contributed by atoms with E-state index in [1.807, 2.05) is 0 Å². The average molecular weight is 521 g/mol. The van der Waals surface area contributed by atoms with Crippen LogP contribution in [-0.4, -0.2) is 62.6 Å². The summed E-state index contributed by atoms with van der Waals surface area (Å²) in [6.45, 7) is 0.372. The van der Waals surface area contributed by atoms with E-state index in [-0.39, 0.29) is 24.3 Å². The number of likely N-dealkylation sites (tertiary alicyclic amines) is 1. The van der Waals surface area contributed by atoms with Gasteiger partial charge in [-0.3, -0.25) is 9.59 Å². The van der Waals surface area contributed by atoms with E-state index in [2.05, 4.69) is 20.6 Å². The van der Waals surface area contributed by atoms with Gasteiger partial charge < -0.3 is 26.4 Å². The summed E-state index contributed by atoms with van der Waals surface area (Å²) in [4.78, 5) is 47.7. The zero-order chi connectivity index (χ0) is 25.1. The third-order valence-corrected chi connectivity index (χ3v) is 7.11. The maximum Gasteiger partial charge on any atom is 0.405 e. The van der Waals surface area contributed by atoms with Crippen molar-refractivity contribution in [2.45, 2.75) is 56.7 Å². The molecule has 0 saturated carbocycles. The number of nitrogens with zero attached hydrogens (tertiary/aromatic N) is 3. The molecule has 0 spiro atoms. The minimum absolute atomic E-state index is 0.0788. The van der Waals surface area contributed by atoms with Gasteiger partial charge in [0.15, 0.2) is 0 Å². The highest BCUT2D eigenvalue weighted by atomic mass is 35.5. The molecule has 1 unspecified atom stereocenters. The Kier molecular flexibility index (Phi) is 7.61. The minimum atomic E-state index is -1.33. The maximum absolute atomic E-state index is 13.4. The van der Waals surface area contributed by atoms with Gasteiger partial charge in [-0.25, -0.2) is 14.8 Å². The number of hydrogen-bond donors (Lipinski definition) is 4. The first-order valence-electron chi connectivity index (χ1n) is 11.4. The molecular weight excluding hydrogens is 495 g/mol. The molecule has 1 fully saturated rings. The fourth-order valence-electron chi connectivity index (χ4n) is 4.70. The molecule has 35 heavy (non-hydrogen) atoms. The van der Waals surface area contributed by atoms with E-state index in [0.717, 1.165) is 11.3 Å². The fraction of sp³-hybridized carbons (Fsp3) is 0.435. The predicted octanol–water partition coefficient (Wildman–Crippen LogP) is 2.21. The summed E-state index contributed by atoms with van der Waals surface area (Å²) in [5, 5.41) is 15.3. The van der Waals surface area contributed by atoms with Crippen LogP contribution in [0.2, 0.25) is 10.0 Å². The zero-order valence-electron chi connectivity index (χ0n) is 18.8. The number of carboxylic acid groups (broad SMARTS) is 1. The average Bonchev–Trinajstić information content (AvgIpc) is 3.30. The molecule has 0 radical (unpaired) electrons. The number of aryl methyl sites for hydroxylation is 1. The van der Waals surface area contributed by atoms with Crippen LogP contribution in [0.1, 0.15) is 36.1 Å². The summed E-state index contributed by atoms with van der Waals surface area (Å²) in [7, 11) is 0. The smallest absolute Gasteiger partial charge is 0.405 e. The van der Waals surface area contributed by atoms with Gasteiger partial charge in [0.05, 0.1) is 10.0 Å². The number of rotatable bonds is 6. The first-order chi connectivity index (χ1) is 16.7. The van der Waals surface area contributed by atoms with Gasteiger partial charge in [0.25, 0.3) is 0 Å². The lowest BCUT2D eigenvalue weighted by atomic mass is 9.92. The Labute approximate surface area is 212 Å². The van der Waals surface area contributed by atoms with Crippen LogP contribution in [0.5, 0.6) is 0 Å². The van der Waals surface area contributed by atoms with Crippen molar-refractivity contribution < 1.29 is 19.5 Å². The topological polar surface area (TPSA) is 151 Å². The Hall–Kier alpha value is -3.11. The minimum Gasteiger partial charge on any atom is -0.465 e. The second-order valence-electron chi connectivity index (χ2n) is 8.79. The number of halogens is 2. The molecule has 2 aliphatic rings. The molecule has 186 valence electrons. The maximum atomic E-state index is 13.4. The first-order valence-corrected chi connectivity index (χ1v) is 12.1. The van der Waals surface area contributed by atoms with Crippen molar-refractivity contribution in [2.75, 3.05) is 12.3 Å². The number of amides is 3. The SMILES string of the molecule is Nc1ncc2c(n1)CCC(NC(=O)[C@@H]1CCCN1C(=O)[C@@H](Cc1ccc(Cl)c(Cl)c1)NC(=O)O)C2. The second-order valence-corrected chi connectivity index (χ2v) is 9.61. The van der Waals surface area contributed by atoms with Crippen LogP contribution in [0.3, 0.4) is 0 Å². The van der Waals surface area contributed by atoms with Crippen molar-refractivity contribution in [3.63, 3.8) is 0 Å². The van der Waals surface area contributed by atoms with Crippen LogP contribution < -0.4 is 16.4 Å². The molecule has 1 aromatic carbocycles. The van der Waals surface area contributed by atoms with E-state index in [1.165, 1.54) is 4.90 Å². The highest BCUT2D eigenvalue weighted by Crippen LogP contribution is 2.25. The van der Waals surface area contributed by atoms with Gasteiger partial charge >= 0.3 is 6.09 Å². The van der Waals surface area contributed by atoms with Gasteiger partial charge in [0.2, 0.25) is 17.8 Å². The van der Waals surface area contributed by atoms with Gasteiger partial charge in [0.1, 0.15) is 12.1 Å². The van der Waals surface area contributed by atoms with Crippen LogP contribution in [0.15, 0.2) is 24.4 Å². The largest absolute Gasteiger partial charge is 0.465 e. The van der Waals surface area contributed by atoms with Crippen LogP contribution in [-0.2, 0) is 28.9 Å². The zero-order valence-corrected chi connectivity index (χ0v) is 20.3. The molecule has 12 heteroatoms. The van der Waals surface area contributed by atoms with Crippen LogP contribution in [0, 0.1) is 0 Å². The van der Waals surface area contributed by atoms with Crippen molar-refractivity contribution in [1.29, 1.82) is 0 Å². The molecule has 3 atom stereocenters. The monoisotopic (exact) mass is 520 g/mol. The van der Waals surface area contributed by atoms with Crippen LogP contribution in [0.4, 0.5) is 10.7 Å². The Morgan fingerprint density at radius 3 is 2.77 bits per heavy atom. The van der Waals surface area contributed by atoms with Crippen molar-refractivity contribution >= 4 is 47.1 Å². The van der Waals surface area contributed by atoms with Crippen LogP contribution >= 0.6 is 23.2 Å². The van der Waals surface area contributed by atoms with E-state index in [1.54, 1.807) is 24.4 Å². The van der Waals surface area contributed by atoms with Gasteiger partial charge in [-0.1, -0.05) is 29.3 Å². The fourth-order valence-corrected chi connectivity index (χ4v) is 5.02. The Balaban J connectivity index is 1.44. The summed E-state index contributed by atoms with van der Waals surface area (Å²) < 4.78 is 0. The van der Waals surface area contributed by atoms with Crippen molar-refractivity contribution in [2.24, 2.45) is 0 Å². The summed E-state index contributed by atoms with van der Waals surface area (Å²) in [5.74, 6) is -0.463. The van der Waals surface area contributed by atoms with E-state index in [9.17, 15) is 19.5 Å². The van der Waals surface area contributed by atoms with E-state index in [4.69, 9.17) is 28.9 Å². The number of nitrogens with one attached hydrogen (secondary N) is 2. The van der Waals surface area contributed by atoms with Crippen molar-refractivity contribution in [3.05, 3.63) is 51.3 Å². The predicted molar refractivity (Wildman–Crippen MR) is 130 cm³/mol. The molecule has 10 nitrogen and oxygen atoms in total. The van der Waals surface area contributed by atoms with Gasteiger partial charge in [-0.05, 0) is 55.4 Å². The number of nitrogen functional groups attached to an aromatic ring is 1. The molecule has 1 aromatic heterocycles. The third-order valence-electron chi connectivity index (χ3n) is 6.37. The second kappa shape index (κ2) is 10.7. The standard InChI is InChI=1S/C23H26Cl2N6O4/c24-15-5-3-12(8-16(15)25)9-18(30-23(34)35)21(33)31-7-1-2-19(31)20(32)28-14-4-6-17-13(10-14)11-27-22(26)29-17/h3,5,8,11,14,18-19,30H,1-2,4,6-7,9-10H2,(H,28,32)(H,34,35)(H2,26,27,29)/t14?,18-,19+/m1/s1. The third kappa shape index (κ3) is 5.94. The lowest BCUT2D eigenvalue weighted by molar-refractivity contribution is -0.140. The summed E-state index contributed by atoms with van der Waals surface area (Å²) in [6.07, 6.45) is 3.56. The molecular formula is C23H26Cl2N6O4. The number of fused-ring (bicyclic) bond motifs is 1. The number of benzene rings is 1. The van der Waals surface area contributed by atoms with Crippen molar-refractivity contribution in [3.8, 4) is 0 Å². The van der Waals surface area contributed by atoms with Gasteiger partial charge in [0, 0.05) is 30.9 Å². The van der Waals surface area contributed by atoms with E-state index in [0.29, 0.717) is 54.3 Å². The summed E-state index contributed by atoms with van der Waals surface area (Å²) >= 11 is 12.0. The summed E-state index contributed by atoms with van der Waals surface area (Å²) in [6, 6.07) is 3.03. The molecule has 0 bridgehead atoms. The number of anilines is 1. The number of hydrogen-bond acceptors (Lipinski definition) is 6. The Morgan fingerprint density at radius 2 is 2.03 bits per heavy atom. The van der Waals surface area contributed by atoms with E-state index < -0.39 is 24.1 Å². The molecule has 3 amide bonds. The molecule has 1 saturated heterocycles. The molecule has 2 aromatic rings. The van der Waals surface area contributed by atoms with Crippen LogP contribution in [0.25, 0.3) is 0 Å². The van der Waals surface area contributed by atoms with Crippen molar-refractivity contribution in [1.82, 2.24) is 25.5 Å². The molecule has 5 N–H and O–H groups in total. The molecule has 4 rings (SSSR count). The number of carbonyl (C=O) groups is 3. The van der Waals surface area contributed by atoms with Gasteiger partial charge in [-0.15, -0.1) is 0 Å². The number of aromatic nitrogens is 2. The number of carbonyl (C=O) groups excluding carboxylic acids is 2. The number of nitrogens with two attached hydrogens (primary N) is 1. The first kappa shape index (κ1) is 25.0. The lowest BCUT2D eigenvalue weighted by Gasteiger charge is -2.31. The molecule has 2 heterocycles. The Bertz CT molecular complexity index is 1150. The summed E-state index contributed by atoms with van der Waals surface area (Å²) in [5.41, 5.74) is 8.15. The normalized spacial score (nSPS) is 20.1. The highest BCUT2D eigenvalue weighted by Gasteiger charge is 2.38. The Morgan fingerprint density at radius 1 is 1.23 bits per heavy atom. The molecule has 1 aliphatic heterocycles.